The smallest absolute Gasteiger partial charge is 0.341 e. The average molecular weight is 323 g/mol. The number of carbonyl (C=O) groups excluding carboxylic acids is 1. The number of rotatable bonds is 7. The zero-order valence-corrected chi connectivity index (χ0v) is 13.3. The molecule has 1 aromatic carbocycles. The predicted molar refractivity (Wildman–Crippen MR) is 82.0 cm³/mol. The number of ether oxygens (including phenoxy) is 3. The van der Waals surface area contributed by atoms with Gasteiger partial charge < -0.3 is 24.6 Å². The van der Waals surface area contributed by atoms with Crippen molar-refractivity contribution in [3.8, 4) is 11.5 Å². The highest BCUT2D eigenvalue weighted by Gasteiger charge is 2.31. The molecule has 0 spiro atoms. The van der Waals surface area contributed by atoms with Crippen LogP contribution in [0.1, 0.15) is 30.6 Å². The fraction of sp³-hybridized carbons (Fsp3) is 0.500. The van der Waals surface area contributed by atoms with E-state index in [4.69, 9.17) is 19.3 Å². The van der Waals surface area contributed by atoms with Crippen molar-refractivity contribution in [2.45, 2.75) is 25.8 Å². The number of benzene rings is 1. The number of carboxylic acids is 1. The second-order valence-corrected chi connectivity index (χ2v) is 5.59. The molecule has 7 nitrogen and oxygen atoms in total. The standard InChI is InChI=1S/C16H21NO6/c1-3-22-13-8-11(4-5-12(13)23-9-14(18)19)15(20)17-16(2)6-7-21-10-16/h4-5,8H,3,6-7,9-10H2,1-2H3,(H,17,20)(H,18,19). The van der Waals surface area contributed by atoms with Gasteiger partial charge in [0.2, 0.25) is 0 Å². The zero-order chi connectivity index (χ0) is 16.9. The molecule has 126 valence electrons. The van der Waals surface area contributed by atoms with Crippen LogP contribution in [0.5, 0.6) is 11.5 Å². The molecule has 2 N–H and O–H groups in total. The lowest BCUT2D eigenvalue weighted by Crippen LogP contribution is -2.46. The maximum absolute atomic E-state index is 12.4. The lowest BCUT2D eigenvalue weighted by Gasteiger charge is -2.23. The largest absolute Gasteiger partial charge is 0.490 e. The Morgan fingerprint density at radius 3 is 2.74 bits per heavy atom. The lowest BCUT2D eigenvalue weighted by atomic mass is 10.0. The summed E-state index contributed by atoms with van der Waals surface area (Å²) in [6.07, 6.45) is 0.761. The number of hydrogen-bond donors (Lipinski definition) is 2. The van der Waals surface area contributed by atoms with Crippen molar-refractivity contribution in [2.24, 2.45) is 0 Å². The molecule has 0 aromatic heterocycles. The second kappa shape index (κ2) is 7.32. The van der Waals surface area contributed by atoms with Gasteiger partial charge in [-0.1, -0.05) is 0 Å². The first-order chi connectivity index (χ1) is 10.9. The Hall–Kier alpha value is -2.28. The van der Waals surface area contributed by atoms with Gasteiger partial charge in [-0.05, 0) is 38.5 Å². The maximum atomic E-state index is 12.4. The number of carboxylic acid groups (broad SMARTS) is 1. The third-order valence-corrected chi connectivity index (χ3v) is 3.49. The molecule has 0 saturated carbocycles. The van der Waals surface area contributed by atoms with Crippen LogP contribution < -0.4 is 14.8 Å². The summed E-state index contributed by atoms with van der Waals surface area (Å²) in [6.45, 7) is 4.75. The fourth-order valence-corrected chi connectivity index (χ4v) is 2.29. The topological polar surface area (TPSA) is 94.1 Å². The first-order valence-electron chi connectivity index (χ1n) is 7.45. The predicted octanol–water partition coefficient (Wildman–Crippen LogP) is 1.46. The van der Waals surface area contributed by atoms with Crippen molar-refractivity contribution in [2.75, 3.05) is 26.4 Å². The molecule has 0 aliphatic carbocycles. The summed E-state index contributed by atoms with van der Waals surface area (Å²) >= 11 is 0. The molecule has 2 rings (SSSR count). The summed E-state index contributed by atoms with van der Waals surface area (Å²) < 4.78 is 15.9. The fourth-order valence-electron chi connectivity index (χ4n) is 2.29. The van der Waals surface area contributed by atoms with E-state index < -0.39 is 12.6 Å². The van der Waals surface area contributed by atoms with Gasteiger partial charge in [-0.2, -0.15) is 0 Å². The van der Waals surface area contributed by atoms with Gasteiger partial charge in [-0.15, -0.1) is 0 Å². The minimum absolute atomic E-state index is 0.233. The Morgan fingerprint density at radius 1 is 1.35 bits per heavy atom. The highest BCUT2D eigenvalue weighted by atomic mass is 16.5. The Bertz CT molecular complexity index is 580. The quantitative estimate of drug-likeness (QED) is 0.789. The van der Waals surface area contributed by atoms with Gasteiger partial charge in [0.15, 0.2) is 18.1 Å². The van der Waals surface area contributed by atoms with E-state index in [0.717, 1.165) is 6.42 Å². The number of amides is 1. The van der Waals surface area contributed by atoms with Crippen LogP contribution in [0.2, 0.25) is 0 Å². The number of nitrogens with one attached hydrogen (secondary N) is 1. The van der Waals surface area contributed by atoms with Gasteiger partial charge in [0.1, 0.15) is 0 Å². The van der Waals surface area contributed by atoms with Crippen LogP contribution in [-0.2, 0) is 9.53 Å². The van der Waals surface area contributed by atoms with Crippen LogP contribution in [0.15, 0.2) is 18.2 Å². The van der Waals surface area contributed by atoms with Gasteiger partial charge >= 0.3 is 5.97 Å². The van der Waals surface area contributed by atoms with Gasteiger partial charge in [0.05, 0.1) is 18.8 Å². The summed E-state index contributed by atoms with van der Waals surface area (Å²) in [4.78, 5) is 23.0. The van der Waals surface area contributed by atoms with E-state index in [-0.39, 0.29) is 11.4 Å². The number of hydrogen-bond acceptors (Lipinski definition) is 5. The van der Waals surface area contributed by atoms with E-state index in [9.17, 15) is 9.59 Å². The van der Waals surface area contributed by atoms with Gasteiger partial charge in [0, 0.05) is 12.2 Å². The van der Waals surface area contributed by atoms with Crippen molar-refractivity contribution in [3.05, 3.63) is 23.8 Å². The van der Waals surface area contributed by atoms with E-state index >= 15 is 0 Å². The van der Waals surface area contributed by atoms with Crippen LogP contribution in [0.3, 0.4) is 0 Å². The molecule has 1 unspecified atom stereocenters. The molecule has 1 atom stereocenters. The first kappa shape index (κ1) is 17.1. The van der Waals surface area contributed by atoms with Crippen LogP contribution in [-0.4, -0.2) is 48.9 Å². The van der Waals surface area contributed by atoms with E-state index in [1.807, 2.05) is 6.92 Å². The maximum Gasteiger partial charge on any atom is 0.341 e. The zero-order valence-electron chi connectivity index (χ0n) is 13.3. The Kier molecular flexibility index (Phi) is 5.44. The van der Waals surface area contributed by atoms with E-state index in [2.05, 4.69) is 5.32 Å². The summed E-state index contributed by atoms with van der Waals surface area (Å²) in [5, 5.41) is 11.6. The first-order valence-corrected chi connectivity index (χ1v) is 7.45. The minimum atomic E-state index is -1.08. The third-order valence-electron chi connectivity index (χ3n) is 3.49. The molecule has 23 heavy (non-hydrogen) atoms. The van der Waals surface area contributed by atoms with Gasteiger partial charge in [-0.25, -0.2) is 4.79 Å². The minimum Gasteiger partial charge on any atom is -0.490 e. The number of aliphatic carboxylic acids is 1. The van der Waals surface area contributed by atoms with Crippen molar-refractivity contribution in [1.82, 2.24) is 5.32 Å². The summed E-state index contributed by atoms with van der Waals surface area (Å²) in [5.74, 6) is -0.678. The van der Waals surface area contributed by atoms with Crippen molar-refractivity contribution < 1.29 is 28.9 Å². The Balaban J connectivity index is 2.13. The average Bonchev–Trinajstić information content (AvgIpc) is 2.92. The third kappa shape index (κ3) is 4.59. The van der Waals surface area contributed by atoms with Gasteiger partial charge in [0.25, 0.3) is 5.91 Å². The highest BCUT2D eigenvalue weighted by Crippen LogP contribution is 2.29. The summed E-state index contributed by atoms with van der Waals surface area (Å²) in [6, 6.07) is 4.67. The molecular weight excluding hydrogens is 302 g/mol. The molecule has 1 saturated heterocycles. The van der Waals surface area contributed by atoms with Crippen LogP contribution in [0, 0.1) is 0 Å². The molecule has 1 amide bonds. The molecule has 1 aromatic rings. The van der Waals surface area contributed by atoms with Crippen molar-refractivity contribution >= 4 is 11.9 Å². The molecule has 1 fully saturated rings. The van der Waals surface area contributed by atoms with Crippen molar-refractivity contribution in [1.29, 1.82) is 0 Å². The molecule has 1 heterocycles. The van der Waals surface area contributed by atoms with Crippen molar-refractivity contribution in [3.63, 3.8) is 0 Å². The van der Waals surface area contributed by atoms with Crippen LogP contribution in [0.4, 0.5) is 0 Å². The number of carbonyl (C=O) groups is 2. The van der Waals surface area contributed by atoms with Gasteiger partial charge in [-0.3, -0.25) is 4.79 Å². The second-order valence-electron chi connectivity index (χ2n) is 5.59. The SMILES string of the molecule is CCOc1cc(C(=O)NC2(C)CCOC2)ccc1OCC(=O)O. The molecule has 1 aliphatic rings. The molecule has 0 radical (unpaired) electrons. The molecule has 7 heteroatoms. The molecule has 1 aliphatic heterocycles. The monoisotopic (exact) mass is 323 g/mol. The summed E-state index contributed by atoms with van der Waals surface area (Å²) in [5.41, 5.74) is 0.0469. The molecule has 0 bridgehead atoms. The molecular formula is C16H21NO6. The van der Waals surface area contributed by atoms with Crippen LogP contribution >= 0.6 is 0 Å². The van der Waals surface area contributed by atoms with E-state index in [0.29, 0.717) is 36.9 Å². The van der Waals surface area contributed by atoms with Crippen LogP contribution in [0.25, 0.3) is 0 Å². The lowest BCUT2D eigenvalue weighted by molar-refractivity contribution is -0.139. The highest BCUT2D eigenvalue weighted by molar-refractivity contribution is 5.95. The van der Waals surface area contributed by atoms with E-state index in [1.54, 1.807) is 19.1 Å². The Labute approximate surface area is 134 Å². The normalized spacial score (nSPS) is 20.1. The summed E-state index contributed by atoms with van der Waals surface area (Å²) in [7, 11) is 0. The van der Waals surface area contributed by atoms with E-state index in [1.165, 1.54) is 6.07 Å². The Morgan fingerprint density at radius 2 is 2.13 bits per heavy atom.